The molecule has 1 aromatic heterocycles. The van der Waals surface area contributed by atoms with Crippen LogP contribution in [0.2, 0.25) is 0 Å². The predicted molar refractivity (Wildman–Crippen MR) is 64.7 cm³/mol. The van der Waals surface area contributed by atoms with E-state index in [2.05, 4.69) is 18.0 Å². The van der Waals surface area contributed by atoms with E-state index in [1.807, 2.05) is 18.2 Å². The number of carbonyl (C=O) groups excluding carboxylic acids is 1. The van der Waals surface area contributed by atoms with Crippen LogP contribution in [0.1, 0.15) is 35.8 Å². The number of hydrogen-bond acceptors (Lipinski definition) is 1. The van der Waals surface area contributed by atoms with Gasteiger partial charge in [-0.25, -0.2) is 0 Å². The lowest BCUT2D eigenvalue weighted by molar-refractivity contribution is 0.0894. The van der Waals surface area contributed by atoms with Crippen molar-refractivity contribution in [3.05, 3.63) is 35.5 Å². The molecule has 2 heteroatoms. The molecule has 0 aliphatic heterocycles. The molecule has 1 atom stereocenters. The Kier molecular flexibility index (Phi) is 2.10. The highest BCUT2D eigenvalue weighted by Crippen LogP contribution is 2.32. The molecule has 3 rings (SSSR count). The Morgan fingerprint density at radius 3 is 3.00 bits per heavy atom. The summed E-state index contributed by atoms with van der Waals surface area (Å²) in [6.07, 6.45) is 2.99. The zero-order chi connectivity index (χ0) is 11.1. The summed E-state index contributed by atoms with van der Waals surface area (Å²) in [5, 5.41) is 1.22. The van der Waals surface area contributed by atoms with Gasteiger partial charge in [0.2, 0.25) is 0 Å². The van der Waals surface area contributed by atoms with Crippen LogP contribution >= 0.6 is 0 Å². The molecule has 0 bridgehead atoms. The summed E-state index contributed by atoms with van der Waals surface area (Å²) in [6.45, 7) is 2.09. The van der Waals surface area contributed by atoms with Crippen LogP contribution in [-0.2, 0) is 6.42 Å². The van der Waals surface area contributed by atoms with Crippen LogP contribution in [0.4, 0.5) is 0 Å². The summed E-state index contributed by atoms with van der Waals surface area (Å²) in [7, 11) is 0. The number of Topliss-reactive ketones (excluding diaryl/α,β-unsaturated/α-hetero) is 1. The fourth-order valence-corrected chi connectivity index (χ4v) is 2.71. The third kappa shape index (κ3) is 1.22. The predicted octanol–water partition coefficient (Wildman–Crippen LogP) is 3.32. The summed E-state index contributed by atoms with van der Waals surface area (Å²) in [5.41, 5.74) is 3.18. The Bertz CT molecular complexity index is 553. The molecule has 1 aromatic carbocycles. The second kappa shape index (κ2) is 3.48. The number of aromatic nitrogens is 1. The molecular formula is C14H15NO. The van der Waals surface area contributed by atoms with Gasteiger partial charge in [-0.1, -0.05) is 25.1 Å². The quantitative estimate of drug-likeness (QED) is 0.774. The fourth-order valence-electron chi connectivity index (χ4n) is 2.71. The number of carbonyl (C=O) groups is 1. The molecule has 2 aromatic rings. The van der Waals surface area contributed by atoms with Gasteiger partial charge in [0, 0.05) is 16.8 Å². The van der Waals surface area contributed by atoms with E-state index in [-0.39, 0.29) is 5.92 Å². The van der Waals surface area contributed by atoms with Gasteiger partial charge in [0.1, 0.15) is 0 Å². The minimum Gasteiger partial charge on any atom is -0.352 e. The summed E-state index contributed by atoms with van der Waals surface area (Å²) in [5.74, 6) is 0.528. The van der Waals surface area contributed by atoms with Crippen LogP contribution in [0.5, 0.6) is 0 Å². The third-order valence-corrected chi connectivity index (χ3v) is 3.67. The molecule has 16 heavy (non-hydrogen) atoms. The van der Waals surface area contributed by atoms with Crippen molar-refractivity contribution in [1.29, 1.82) is 0 Å². The Hall–Kier alpha value is -1.57. The first-order valence-electron chi connectivity index (χ1n) is 5.95. The van der Waals surface area contributed by atoms with E-state index in [0.29, 0.717) is 5.78 Å². The van der Waals surface area contributed by atoms with E-state index in [9.17, 15) is 4.79 Å². The highest BCUT2D eigenvalue weighted by molar-refractivity contribution is 6.04. The number of H-pyrrole nitrogens is 1. The van der Waals surface area contributed by atoms with Gasteiger partial charge in [-0.15, -0.1) is 0 Å². The molecule has 1 heterocycles. The first-order chi connectivity index (χ1) is 7.81. The van der Waals surface area contributed by atoms with Crippen molar-refractivity contribution < 1.29 is 4.79 Å². The van der Waals surface area contributed by atoms with Crippen molar-refractivity contribution >= 4 is 16.7 Å². The lowest BCUT2D eigenvalue weighted by atomic mass is 9.84. The van der Waals surface area contributed by atoms with Gasteiger partial charge in [0.05, 0.1) is 5.69 Å². The number of aryl methyl sites for hydroxylation is 1. The Morgan fingerprint density at radius 1 is 1.38 bits per heavy atom. The van der Waals surface area contributed by atoms with Crippen LogP contribution in [0, 0.1) is 5.92 Å². The summed E-state index contributed by atoms with van der Waals surface area (Å²) >= 11 is 0. The number of benzene rings is 1. The van der Waals surface area contributed by atoms with E-state index >= 15 is 0 Å². The number of ketones is 1. The minimum absolute atomic E-state index is 0.223. The molecule has 0 amide bonds. The van der Waals surface area contributed by atoms with Crippen molar-refractivity contribution in [3.63, 3.8) is 0 Å². The number of rotatable bonds is 1. The van der Waals surface area contributed by atoms with Gasteiger partial charge >= 0.3 is 0 Å². The molecule has 1 N–H and O–H groups in total. The maximum atomic E-state index is 12.2. The van der Waals surface area contributed by atoms with Crippen LogP contribution in [0.25, 0.3) is 10.9 Å². The standard InChI is InChI=1S/C14H15NO/c1-2-9-7-8-11-10-5-3-4-6-12(10)15-13(11)14(9)16/h3-6,9,15H,2,7-8H2,1H3. The largest absolute Gasteiger partial charge is 0.352 e. The average molecular weight is 213 g/mol. The topological polar surface area (TPSA) is 32.9 Å². The second-order valence-corrected chi connectivity index (χ2v) is 4.53. The number of aromatic amines is 1. The molecule has 2 nitrogen and oxygen atoms in total. The van der Waals surface area contributed by atoms with Crippen molar-refractivity contribution in [3.8, 4) is 0 Å². The minimum atomic E-state index is 0.223. The van der Waals surface area contributed by atoms with E-state index in [0.717, 1.165) is 30.5 Å². The first-order valence-corrected chi connectivity index (χ1v) is 5.95. The van der Waals surface area contributed by atoms with Crippen molar-refractivity contribution in [2.45, 2.75) is 26.2 Å². The highest BCUT2D eigenvalue weighted by atomic mass is 16.1. The molecule has 0 radical (unpaired) electrons. The Morgan fingerprint density at radius 2 is 2.19 bits per heavy atom. The summed E-state index contributed by atoms with van der Waals surface area (Å²) < 4.78 is 0. The summed E-state index contributed by atoms with van der Waals surface area (Å²) in [4.78, 5) is 15.5. The number of fused-ring (bicyclic) bond motifs is 3. The number of para-hydroxylation sites is 1. The maximum absolute atomic E-state index is 12.2. The van der Waals surface area contributed by atoms with Crippen LogP contribution in [0.3, 0.4) is 0 Å². The molecule has 82 valence electrons. The number of nitrogens with one attached hydrogen (secondary N) is 1. The van der Waals surface area contributed by atoms with Crippen LogP contribution in [-0.4, -0.2) is 10.8 Å². The van der Waals surface area contributed by atoms with Crippen molar-refractivity contribution in [1.82, 2.24) is 4.98 Å². The van der Waals surface area contributed by atoms with Crippen molar-refractivity contribution in [2.75, 3.05) is 0 Å². The Labute approximate surface area is 94.7 Å². The third-order valence-electron chi connectivity index (χ3n) is 3.67. The molecule has 0 fully saturated rings. The summed E-state index contributed by atoms with van der Waals surface area (Å²) in [6, 6.07) is 8.19. The maximum Gasteiger partial charge on any atom is 0.182 e. The fraction of sp³-hybridized carbons (Fsp3) is 0.357. The zero-order valence-electron chi connectivity index (χ0n) is 9.42. The van der Waals surface area contributed by atoms with Gasteiger partial charge in [0.15, 0.2) is 5.78 Å². The van der Waals surface area contributed by atoms with Gasteiger partial charge < -0.3 is 4.98 Å². The lowest BCUT2D eigenvalue weighted by Crippen LogP contribution is -2.21. The normalized spacial score (nSPS) is 20.1. The highest BCUT2D eigenvalue weighted by Gasteiger charge is 2.28. The van der Waals surface area contributed by atoms with E-state index in [1.54, 1.807) is 0 Å². The Balaban J connectivity index is 2.21. The van der Waals surface area contributed by atoms with Crippen LogP contribution in [0.15, 0.2) is 24.3 Å². The first kappa shape index (κ1) is 9.64. The van der Waals surface area contributed by atoms with E-state index in [1.165, 1.54) is 10.9 Å². The lowest BCUT2D eigenvalue weighted by Gasteiger charge is -2.19. The van der Waals surface area contributed by atoms with Gasteiger partial charge in [-0.3, -0.25) is 4.79 Å². The van der Waals surface area contributed by atoms with E-state index in [4.69, 9.17) is 0 Å². The van der Waals surface area contributed by atoms with Gasteiger partial charge in [-0.05, 0) is 30.9 Å². The molecule has 1 aliphatic rings. The second-order valence-electron chi connectivity index (χ2n) is 4.53. The molecule has 0 saturated carbocycles. The molecular weight excluding hydrogens is 198 g/mol. The zero-order valence-corrected chi connectivity index (χ0v) is 9.42. The smallest absolute Gasteiger partial charge is 0.182 e. The molecule has 0 spiro atoms. The SMILES string of the molecule is CCC1CCc2c([nH]c3ccccc23)C1=O. The average Bonchev–Trinajstić information content (AvgIpc) is 2.69. The number of hydrogen-bond donors (Lipinski definition) is 1. The van der Waals surface area contributed by atoms with Crippen molar-refractivity contribution in [2.24, 2.45) is 5.92 Å². The van der Waals surface area contributed by atoms with Crippen LogP contribution < -0.4 is 0 Å². The molecule has 0 saturated heterocycles. The van der Waals surface area contributed by atoms with E-state index < -0.39 is 0 Å². The molecule has 1 unspecified atom stereocenters. The monoisotopic (exact) mass is 213 g/mol. The van der Waals surface area contributed by atoms with Gasteiger partial charge in [-0.2, -0.15) is 0 Å². The van der Waals surface area contributed by atoms with Gasteiger partial charge in [0.25, 0.3) is 0 Å². The molecule has 1 aliphatic carbocycles.